The maximum absolute atomic E-state index is 12.2. The molecule has 0 amide bonds. The molecule has 0 bridgehead atoms. The molecule has 0 aliphatic carbocycles. The van der Waals surface area contributed by atoms with Crippen LogP contribution in [0.1, 0.15) is 15.9 Å². The lowest BCUT2D eigenvalue weighted by molar-refractivity contribution is 0.0921. The number of Topliss-reactive ketones (excluding diaryl/α,β-unsaturated/α-hetero) is 1. The van der Waals surface area contributed by atoms with Gasteiger partial charge in [-0.15, -0.1) is 0 Å². The predicted octanol–water partition coefficient (Wildman–Crippen LogP) is 3.42. The van der Waals surface area contributed by atoms with E-state index in [0.29, 0.717) is 17.0 Å². The predicted molar refractivity (Wildman–Crippen MR) is 98.4 cm³/mol. The number of hydrogen-bond donors (Lipinski definition) is 0. The molecule has 2 rings (SSSR count). The Bertz CT molecular complexity index is 847. The molecular weight excluding hydrogens is 394 g/mol. The van der Waals surface area contributed by atoms with Gasteiger partial charge < -0.3 is 4.74 Å². The van der Waals surface area contributed by atoms with Gasteiger partial charge in [-0.2, -0.15) is 0 Å². The molecule has 0 radical (unpaired) electrons. The molecule has 0 aliphatic rings. The smallest absolute Gasteiger partial charge is 0.231 e. The van der Waals surface area contributed by atoms with Crippen LogP contribution in [0.3, 0.4) is 0 Å². The summed E-state index contributed by atoms with van der Waals surface area (Å²) >= 11 is 3.40. The SMILES string of the molecule is Cc1ccc(OCC(=O)c2ccc(N(C)S(C)(=O)=O)cc2)c(Br)c1. The second-order valence-electron chi connectivity index (χ2n) is 5.42. The second-order valence-corrected chi connectivity index (χ2v) is 8.29. The van der Waals surface area contributed by atoms with E-state index in [2.05, 4.69) is 15.9 Å². The van der Waals surface area contributed by atoms with E-state index in [1.165, 1.54) is 7.05 Å². The number of halogens is 1. The molecule has 5 nitrogen and oxygen atoms in total. The molecule has 24 heavy (non-hydrogen) atoms. The third-order valence-corrected chi connectivity index (χ3v) is 5.32. The molecule has 0 spiro atoms. The number of nitrogens with zero attached hydrogens (tertiary/aromatic N) is 1. The number of carbonyl (C=O) groups is 1. The number of carbonyl (C=O) groups excluding carboxylic acids is 1. The van der Waals surface area contributed by atoms with E-state index < -0.39 is 10.0 Å². The lowest BCUT2D eigenvalue weighted by atomic mass is 10.1. The van der Waals surface area contributed by atoms with E-state index in [1.54, 1.807) is 30.3 Å². The third kappa shape index (κ3) is 4.58. The van der Waals surface area contributed by atoms with Crippen molar-refractivity contribution in [3.63, 3.8) is 0 Å². The molecular formula is C17H18BrNO4S. The largest absolute Gasteiger partial charge is 0.484 e. The molecule has 0 aromatic heterocycles. The summed E-state index contributed by atoms with van der Waals surface area (Å²) in [6.07, 6.45) is 1.12. The maximum atomic E-state index is 12.2. The Morgan fingerprint density at radius 3 is 2.33 bits per heavy atom. The van der Waals surface area contributed by atoms with Crippen LogP contribution in [-0.2, 0) is 10.0 Å². The van der Waals surface area contributed by atoms with Crippen molar-refractivity contribution in [1.82, 2.24) is 0 Å². The van der Waals surface area contributed by atoms with Crippen LogP contribution in [0.2, 0.25) is 0 Å². The summed E-state index contributed by atoms with van der Waals surface area (Å²) in [6, 6.07) is 12.0. The number of ether oxygens (including phenoxy) is 1. The zero-order valence-corrected chi connectivity index (χ0v) is 16.0. The summed E-state index contributed by atoms with van der Waals surface area (Å²) in [5.74, 6) is 0.415. The molecule has 0 atom stereocenters. The van der Waals surface area contributed by atoms with Gasteiger partial charge in [0.2, 0.25) is 10.0 Å². The van der Waals surface area contributed by atoms with Crippen LogP contribution in [0.25, 0.3) is 0 Å². The first kappa shape index (κ1) is 18.5. The van der Waals surface area contributed by atoms with Gasteiger partial charge in [0.1, 0.15) is 5.75 Å². The molecule has 0 aliphatic heterocycles. The van der Waals surface area contributed by atoms with E-state index in [-0.39, 0.29) is 12.4 Å². The molecule has 2 aromatic rings. The van der Waals surface area contributed by atoms with E-state index >= 15 is 0 Å². The lowest BCUT2D eigenvalue weighted by Crippen LogP contribution is -2.24. The Kier molecular flexibility index (Phi) is 5.66. The normalized spacial score (nSPS) is 11.2. The van der Waals surface area contributed by atoms with Gasteiger partial charge in [0.25, 0.3) is 0 Å². The quantitative estimate of drug-likeness (QED) is 0.683. The van der Waals surface area contributed by atoms with Gasteiger partial charge in [-0.25, -0.2) is 8.42 Å². The Hall–Kier alpha value is -1.86. The summed E-state index contributed by atoms with van der Waals surface area (Å²) in [5.41, 5.74) is 2.05. The fraction of sp³-hybridized carbons (Fsp3) is 0.235. The van der Waals surface area contributed by atoms with Crippen molar-refractivity contribution in [1.29, 1.82) is 0 Å². The lowest BCUT2D eigenvalue weighted by Gasteiger charge is -2.16. The highest BCUT2D eigenvalue weighted by Gasteiger charge is 2.13. The molecule has 0 fully saturated rings. The van der Waals surface area contributed by atoms with Crippen LogP contribution in [0, 0.1) is 6.92 Å². The number of ketones is 1. The molecule has 128 valence electrons. The minimum atomic E-state index is -3.33. The first-order chi connectivity index (χ1) is 11.2. The first-order valence-corrected chi connectivity index (χ1v) is 9.79. The molecule has 0 N–H and O–H groups in total. The van der Waals surface area contributed by atoms with Gasteiger partial charge in [-0.3, -0.25) is 9.10 Å². The van der Waals surface area contributed by atoms with Crippen molar-refractivity contribution in [2.24, 2.45) is 0 Å². The summed E-state index contributed by atoms with van der Waals surface area (Å²) in [5, 5.41) is 0. The number of hydrogen-bond acceptors (Lipinski definition) is 4. The molecule has 0 saturated carbocycles. The number of anilines is 1. The van der Waals surface area contributed by atoms with Crippen molar-refractivity contribution in [3.8, 4) is 5.75 Å². The minimum absolute atomic E-state index is 0.0943. The van der Waals surface area contributed by atoms with E-state index in [1.807, 2.05) is 19.1 Å². The van der Waals surface area contributed by atoms with Crippen molar-refractivity contribution in [2.75, 3.05) is 24.2 Å². The fourth-order valence-electron chi connectivity index (χ4n) is 2.00. The Morgan fingerprint density at radius 1 is 1.17 bits per heavy atom. The molecule has 7 heteroatoms. The van der Waals surface area contributed by atoms with Crippen molar-refractivity contribution in [2.45, 2.75) is 6.92 Å². The topological polar surface area (TPSA) is 63.7 Å². The Balaban J connectivity index is 2.05. The van der Waals surface area contributed by atoms with E-state index in [0.717, 1.165) is 20.6 Å². The number of rotatable bonds is 6. The van der Waals surface area contributed by atoms with Crippen molar-refractivity contribution in [3.05, 3.63) is 58.1 Å². The maximum Gasteiger partial charge on any atom is 0.231 e. The standard InChI is InChI=1S/C17H18BrNO4S/c1-12-4-9-17(15(18)10-12)23-11-16(20)13-5-7-14(8-6-13)19(2)24(3,21)22/h4-10H,11H2,1-3H3. The average Bonchev–Trinajstić information content (AvgIpc) is 2.52. The molecule has 0 saturated heterocycles. The van der Waals surface area contributed by atoms with Crippen molar-refractivity contribution >= 4 is 37.4 Å². The van der Waals surface area contributed by atoms with Crippen LogP contribution in [0.4, 0.5) is 5.69 Å². The van der Waals surface area contributed by atoms with Gasteiger partial charge >= 0.3 is 0 Å². The highest BCUT2D eigenvalue weighted by atomic mass is 79.9. The van der Waals surface area contributed by atoms with Crippen LogP contribution in [0.5, 0.6) is 5.75 Å². The first-order valence-electron chi connectivity index (χ1n) is 7.14. The number of benzene rings is 2. The zero-order chi connectivity index (χ0) is 17.9. The minimum Gasteiger partial charge on any atom is -0.484 e. The van der Waals surface area contributed by atoms with E-state index in [9.17, 15) is 13.2 Å². The average molecular weight is 412 g/mol. The molecule has 0 heterocycles. The zero-order valence-electron chi connectivity index (χ0n) is 13.6. The van der Waals surface area contributed by atoms with Gasteiger partial charge in [-0.1, -0.05) is 6.07 Å². The fourth-order valence-corrected chi connectivity index (χ4v) is 3.11. The molecule has 2 aromatic carbocycles. The van der Waals surface area contributed by atoms with Crippen molar-refractivity contribution < 1.29 is 17.9 Å². The van der Waals surface area contributed by atoms with Gasteiger partial charge in [0.05, 0.1) is 16.4 Å². The Labute approximate surface area is 150 Å². The summed E-state index contributed by atoms with van der Waals surface area (Å²) < 4.78 is 30.5. The number of aryl methyl sites for hydroxylation is 1. The van der Waals surface area contributed by atoms with Crippen LogP contribution in [0.15, 0.2) is 46.9 Å². The van der Waals surface area contributed by atoms with Crippen LogP contribution >= 0.6 is 15.9 Å². The van der Waals surface area contributed by atoms with Gasteiger partial charge in [-0.05, 0) is 64.8 Å². The summed E-state index contributed by atoms with van der Waals surface area (Å²) in [4.78, 5) is 12.2. The molecule has 0 unspecified atom stereocenters. The summed E-state index contributed by atoms with van der Waals surface area (Å²) in [7, 11) is -1.86. The van der Waals surface area contributed by atoms with E-state index in [4.69, 9.17) is 4.74 Å². The van der Waals surface area contributed by atoms with Crippen LogP contribution < -0.4 is 9.04 Å². The third-order valence-electron chi connectivity index (χ3n) is 3.50. The highest BCUT2D eigenvalue weighted by molar-refractivity contribution is 9.10. The monoisotopic (exact) mass is 411 g/mol. The highest BCUT2D eigenvalue weighted by Crippen LogP contribution is 2.26. The number of sulfonamides is 1. The summed E-state index contributed by atoms with van der Waals surface area (Å²) in [6.45, 7) is 1.87. The van der Waals surface area contributed by atoms with Crippen LogP contribution in [-0.4, -0.2) is 34.1 Å². The Morgan fingerprint density at radius 2 is 1.79 bits per heavy atom. The van der Waals surface area contributed by atoms with Gasteiger partial charge in [0, 0.05) is 12.6 Å². The van der Waals surface area contributed by atoms with Gasteiger partial charge in [0.15, 0.2) is 12.4 Å². The second kappa shape index (κ2) is 7.36.